The lowest BCUT2D eigenvalue weighted by Gasteiger charge is -2.36. The number of halogens is 1. The van der Waals surface area contributed by atoms with Gasteiger partial charge in [-0.15, -0.1) is 0 Å². The molecule has 0 spiro atoms. The molecule has 26 heavy (non-hydrogen) atoms. The maximum Gasteiger partial charge on any atom is 0.243 e. The molecular weight excluding hydrogens is 416 g/mol. The molecular formula is C19H27BrN2O3S. The lowest BCUT2D eigenvalue weighted by Crippen LogP contribution is -2.46. The van der Waals surface area contributed by atoms with Crippen molar-refractivity contribution in [3.8, 4) is 0 Å². The maximum absolute atomic E-state index is 12.9. The number of carbonyl (C=O) groups is 1. The van der Waals surface area contributed by atoms with Gasteiger partial charge in [0, 0.05) is 36.6 Å². The molecule has 2 aliphatic rings. The Kier molecular flexibility index (Phi) is 6.09. The van der Waals surface area contributed by atoms with E-state index >= 15 is 0 Å². The summed E-state index contributed by atoms with van der Waals surface area (Å²) in [5.41, 5.74) is 0.899. The summed E-state index contributed by atoms with van der Waals surface area (Å²) in [5.74, 6) is 0.871. The highest BCUT2D eigenvalue weighted by Crippen LogP contribution is 2.28. The second-order valence-electron chi connectivity index (χ2n) is 7.60. The Labute approximate surface area is 164 Å². The van der Waals surface area contributed by atoms with Crippen molar-refractivity contribution in [1.82, 2.24) is 9.21 Å². The van der Waals surface area contributed by atoms with E-state index in [-0.39, 0.29) is 11.8 Å². The molecule has 3 rings (SSSR count). The van der Waals surface area contributed by atoms with E-state index in [0.717, 1.165) is 36.0 Å². The van der Waals surface area contributed by atoms with Crippen LogP contribution in [0.3, 0.4) is 0 Å². The number of carbonyl (C=O) groups excluding carboxylic acids is 1. The smallest absolute Gasteiger partial charge is 0.243 e. The Morgan fingerprint density at radius 3 is 2.27 bits per heavy atom. The standard InChI is InChI=1S/C19H27BrN2O3S/c1-14-5-9-21(10-6-14)19(23)16-7-11-22(12-8-16)26(24,25)17-3-4-18(20)15(2)13-17/h3-4,13-14,16H,5-12H2,1-2H3. The first kappa shape index (κ1) is 19.8. The molecule has 0 radical (unpaired) electrons. The second kappa shape index (κ2) is 7.98. The maximum atomic E-state index is 12.9. The lowest BCUT2D eigenvalue weighted by atomic mass is 9.93. The highest BCUT2D eigenvalue weighted by Gasteiger charge is 2.34. The molecule has 0 atom stereocenters. The van der Waals surface area contributed by atoms with Crippen LogP contribution in [0.2, 0.25) is 0 Å². The fraction of sp³-hybridized carbons (Fsp3) is 0.632. The predicted molar refractivity (Wildman–Crippen MR) is 105 cm³/mol. The van der Waals surface area contributed by atoms with Crippen molar-refractivity contribution in [2.24, 2.45) is 11.8 Å². The molecule has 0 saturated carbocycles. The van der Waals surface area contributed by atoms with Crippen LogP contribution >= 0.6 is 15.9 Å². The minimum Gasteiger partial charge on any atom is -0.342 e. The van der Waals surface area contributed by atoms with Crippen molar-refractivity contribution >= 4 is 31.9 Å². The molecule has 0 aromatic heterocycles. The number of amides is 1. The number of rotatable bonds is 3. The molecule has 0 N–H and O–H groups in total. The largest absolute Gasteiger partial charge is 0.342 e. The number of nitrogens with zero attached hydrogens (tertiary/aromatic N) is 2. The molecule has 7 heteroatoms. The van der Waals surface area contributed by atoms with Gasteiger partial charge in [0.1, 0.15) is 0 Å². The van der Waals surface area contributed by atoms with E-state index in [1.807, 2.05) is 11.8 Å². The fourth-order valence-corrected chi connectivity index (χ4v) is 5.56. The first-order valence-corrected chi connectivity index (χ1v) is 11.6. The van der Waals surface area contributed by atoms with E-state index in [9.17, 15) is 13.2 Å². The number of likely N-dealkylation sites (tertiary alicyclic amines) is 1. The Balaban J connectivity index is 1.62. The highest BCUT2D eigenvalue weighted by atomic mass is 79.9. The van der Waals surface area contributed by atoms with Gasteiger partial charge in [0.2, 0.25) is 15.9 Å². The van der Waals surface area contributed by atoms with Crippen molar-refractivity contribution in [3.05, 3.63) is 28.2 Å². The molecule has 2 fully saturated rings. The van der Waals surface area contributed by atoms with Gasteiger partial charge >= 0.3 is 0 Å². The van der Waals surface area contributed by atoms with Crippen molar-refractivity contribution in [2.75, 3.05) is 26.2 Å². The lowest BCUT2D eigenvalue weighted by molar-refractivity contribution is -0.138. The predicted octanol–water partition coefficient (Wildman–Crippen LogP) is 3.42. The Morgan fingerprint density at radius 2 is 1.69 bits per heavy atom. The summed E-state index contributed by atoms with van der Waals surface area (Å²) < 4.78 is 28.2. The SMILES string of the molecule is Cc1cc(S(=O)(=O)N2CCC(C(=O)N3CCC(C)CC3)CC2)ccc1Br. The van der Waals surface area contributed by atoms with Crippen LogP contribution < -0.4 is 0 Å². The summed E-state index contributed by atoms with van der Waals surface area (Å²) in [5, 5.41) is 0. The number of hydrogen-bond acceptors (Lipinski definition) is 3. The topological polar surface area (TPSA) is 57.7 Å². The van der Waals surface area contributed by atoms with Gasteiger partial charge in [-0.25, -0.2) is 8.42 Å². The normalized spacial score (nSPS) is 21.1. The van der Waals surface area contributed by atoms with E-state index in [2.05, 4.69) is 22.9 Å². The minimum absolute atomic E-state index is 0.0403. The van der Waals surface area contributed by atoms with Gasteiger partial charge in [0.05, 0.1) is 4.90 Å². The summed E-state index contributed by atoms with van der Waals surface area (Å²) in [6.07, 6.45) is 3.36. The number of sulfonamides is 1. The molecule has 2 saturated heterocycles. The van der Waals surface area contributed by atoms with Gasteiger partial charge in [-0.2, -0.15) is 4.31 Å². The number of benzene rings is 1. The third-order valence-corrected chi connectivity index (χ3v) is 8.45. The summed E-state index contributed by atoms with van der Waals surface area (Å²) in [7, 11) is -3.49. The van der Waals surface area contributed by atoms with Crippen molar-refractivity contribution < 1.29 is 13.2 Å². The quantitative estimate of drug-likeness (QED) is 0.720. The van der Waals surface area contributed by atoms with E-state index in [4.69, 9.17) is 0 Å². The van der Waals surface area contributed by atoms with Crippen LogP contribution in [0.25, 0.3) is 0 Å². The first-order valence-electron chi connectivity index (χ1n) is 9.34. The van der Waals surface area contributed by atoms with Crippen LogP contribution in [0, 0.1) is 18.8 Å². The van der Waals surface area contributed by atoms with E-state index in [1.165, 1.54) is 4.31 Å². The molecule has 2 heterocycles. The monoisotopic (exact) mass is 442 g/mol. The molecule has 0 bridgehead atoms. The van der Waals surface area contributed by atoms with Crippen LogP contribution in [0.1, 0.15) is 38.2 Å². The third kappa shape index (κ3) is 4.15. The molecule has 1 amide bonds. The molecule has 1 aromatic rings. The zero-order chi connectivity index (χ0) is 18.9. The zero-order valence-corrected chi connectivity index (χ0v) is 17.9. The van der Waals surface area contributed by atoms with Crippen molar-refractivity contribution in [3.63, 3.8) is 0 Å². The van der Waals surface area contributed by atoms with E-state index in [0.29, 0.717) is 36.7 Å². The number of piperidine rings is 2. The summed E-state index contributed by atoms with van der Waals surface area (Å²) in [4.78, 5) is 15.0. The fourth-order valence-electron chi connectivity index (χ4n) is 3.76. The molecule has 144 valence electrons. The van der Waals surface area contributed by atoms with Gasteiger partial charge in [0.15, 0.2) is 0 Å². The van der Waals surface area contributed by atoms with Crippen LogP contribution in [0.15, 0.2) is 27.6 Å². The van der Waals surface area contributed by atoms with Gasteiger partial charge in [-0.1, -0.05) is 22.9 Å². The van der Waals surface area contributed by atoms with E-state index in [1.54, 1.807) is 18.2 Å². The minimum atomic E-state index is -3.49. The van der Waals surface area contributed by atoms with Crippen LogP contribution in [-0.4, -0.2) is 49.7 Å². The van der Waals surface area contributed by atoms with Gasteiger partial charge in [-0.3, -0.25) is 4.79 Å². The van der Waals surface area contributed by atoms with Crippen LogP contribution in [-0.2, 0) is 14.8 Å². The Bertz CT molecular complexity index is 765. The van der Waals surface area contributed by atoms with Crippen molar-refractivity contribution in [1.29, 1.82) is 0 Å². The Morgan fingerprint density at radius 1 is 1.08 bits per heavy atom. The van der Waals surface area contributed by atoms with Gasteiger partial charge in [-0.05, 0) is 62.3 Å². The molecule has 2 aliphatic heterocycles. The first-order chi connectivity index (χ1) is 12.3. The highest BCUT2D eigenvalue weighted by molar-refractivity contribution is 9.10. The van der Waals surface area contributed by atoms with Crippen LogP contribution in [0.5, 0.6) is 0 Å². The molecule has 0 aliphatic carbocycles. The number of hydrogen-bond donors (Lipinski definition) is 0. The second-order valence-corrected chi connectivity index (χ2v) is 10.4. The zero-order valence-electron chi connectivity index (χ0n) is 15.4. The molecule has 1 aromatic carbocycles. The molecule has 5 nitrogen and oxygen atoms in total. The summed E-state index contributed by atoms with van der Waals surface area (Å²) in [6.45, 7) is 6.63. The number of aryl methyl sites for hydroxylation is 1. The summed E-state index contributed by atoms with van der Waals surface area (Å²) in [6, 6.07) is 5.11. The van der Waals surface area contributed by atoms with Crippen LogP contribution in [0.4, 0.5) is 0 Å². The molecule has 0 unspecified atom stereocenters. The average Bonchev–Trinajstić information content (AvgIpc) is 2.64. The summed E-state index contributed by atoms with van der Waals surface area (Å²) >= 11 is 3.41. The van der Waals surface area contributed by atoms with E-state index < -0.39 is 10.0 Å². The average molecular weight is 443 g/mol. The van der Waals surface area contributed by atoms with Gasteiger partial charge < -0.3 is 4.90 Å². The van der Waals surface area contributed by atoms with Crippen molar-refractivity contribution in [2.45, 2.75) is 44.4 Å². The van der Waals surface area contributed by atoms with Gasteiger partial charge in [0.25, 0.3) is 0 Å². The Hall–Kier alpha value is -0.920. The third-order valence-electron chi connectivity index (χ3n) is 5.67.